The molecule has 2 rings (SSSR count). The van der Waals surface area contributed by atoms with Crippen LogP contribution in [0, 0.1) is 11.8 Å². The molecule has 0 atom stereocenters. The summed E-state index contributed by atoms with van der Waals surface area (Å²) < 4.78 is 43.1. The SMILES string of the molecule is CC(C)(C)N(C(=O)OCC#Cc1cnccn1)C1CCN(C(=O)C(F)(F)F)CC1. The Balaban J connectivity index is 1.97. The number of amides is 2. The van der Waals surface area contributed by atoms with Gasteiger partial charge in [0.2, 0.25) is 0 Å². The van der Waals surface area contributed by atoms with Gasteiger partial charge in [0.25, 0.3) is 0 Å². The summed E-state index contributed by atoms with van der Waals surface area (Å²) in [6, 6.07) is -0.340. The first-order valence-corrected chi connectivity index (χ1v) is 9.07. The van der Waals surface area contributed by atoms with E-state index in [4.69, 9.17) is 4.74 Å². The highest BCUT2D eigenvalue weighted by Crippen LogP contribution is 2.27. The van der Waals surface area contributed by atoms with Crippen molar-refractivity contribution in [3.05, 3.63) is 24.3 Å². The van der Waals surface area contributed by atoms with Gasteiger partial charge in [-0.05, 0) is 39.5 Å². The maximum absolute atomic E-state index is 12.6. The predicted octanol–water partition coefficient (Wildman–Crippen LogP) is 2.62. The molecule has 1 fully saturated rings. The van der Waals surface area contributed by atoms with E-state index in [1.807, 2.05) is 20.8 Å². The minimum atomic E-state index is -4.89. The van der Waals surface area contributed by atoms with E-state index in [2.05, 4.69) is 21.8 Å². The number of ether oxygens (including phenoxy) is 1. The largest absolute Gasteiger partial charge is 0.471 e. The lowest BCUT2D eigenvalue weighted by Gasteiger charge is -2.44. The Morgan fingerprint density at radius 1 is 1.24 bits per heavy atom. The van der Waals surface area contributed by atoms with Gasteiger partial charge in [-0.15, -0.1) is 0 Å². The number of nitrogens with zero attached hydrogens (tertiary/aromatic N) is 4. The number of halogens is 3. The Labute approximate surface area is 167 Å². The monoisotopic (exact) mass is 412 g/mol. The predicted molar refractivity (Wildman–Crippen MR) is 97.5 cm³/mol. The number of rotatable bonds is 2. The van der Waals surface area contributed by atoms with Gasteiger partial charge in [-0.3, -0.25) is 9.78 Å². The summed E-state index contributed by atoms with van der Waals surface area (Å²) in [4.78, 5) is 34.1. The van der Waals surface area contributed by atoms with Gasteiger partial charge in [0, 0.05) is 37.1 Å². The van der Waals surface area contributed by atoms with E-state index in [0.29, 0.717) is 5.69 Å². The minimum absolute atomic E-state index is 0.0741. The molecule has 0 N–H and O–H groups in total. The molecule has 0 saturated carbocycles. The highest BCUT2D eigenvalue weighted by molar-refractivity contribution is 5.82. The van der Waals surface area contributed by atoms with E-state index < -0.39 is 23.7 Å². The van der Waals surface area contributed by atoms with Crippen LogP contribution in [0.4, 0.5) is 18.0 Å². The molecule has 2 amide bonds. The fourth-order valence-corrected chi connectivity index (χ4v) is 3.13. The molecule has 1 aromatic heterocycles. The van der Waals surface area contributed by atoms with E-state index in [1.54, 1.807) is 0 Å². The van der Waals surface area contributed by atoms with Crippen molar-refractivity contribution in [2.24, 2.45) is 0 Å². The van der Waals surface area contributed by atoms with E-state index in [9.17, 15) is 22.8 Å². The second-order valence-corrected chi connectivity index (χ2v) is 7.51. The Hall–Kier alpha value is -2.83. The molecular formula is C19H23F3N4O3. The van der Waals surface area contributed by atoms with Crippen molar-refractivity contribution >= 4 is 12.0 Å². The molecule has 0 aromatic carbocycles. The van der Waals surface area contributed by atoms with Crippen LogP contribution >= 0.6 is 0 Å². The van der Waals surface area contributed by atoms with Gasteiger partial charge >= 0.3 is 18.2 Å². The zero-order valence-corrected chi connectivity index (χ0v) is 16.5. The zero-order valence-electron chi connectivity index (χ0n) is 16.5. The van der Waals surface area contributed by atoms with Gasteiger partial charge in [0.15, 0.2) is 6.61 Å². The van der Waals surface area contributed by atoms with E-state index >= 15 is 0 Å². The lowest BCUT2D eigenvalue weighted by atomic mass is 9.97. The van der Waals surface area contributed by atoms with E-state index in [0.717, 1.165) is 4.90 Å². The second-order valence-electron chi connectivity index (χ2n) is 7.51. The smallest absolute Gasteiger partial charge is 0.436 e. The number of likely N-dealkylation sites (tertiary alicyclic amines) is 1. The lowest BCUT2D eigenvalue weighted by molar-refractivity contribution is -0.186. The van der Waals surface area contributed by atoms with Crippen LogP contribution < -0.4 is 0 Å². The molecular weight excluding hydrogens is 389 g/mol. The zero-order chi connectivity index (χ0) is 21.7. The quantitative estimate of drug-likeness (QED) is 0.698. The molecule has 1 aliphatic heterocycles. The van der Waals surface area contributed by atoms with Crippen molar-refractivity contribution < 1.29 is 27.5 Å². The number of aromatic nitrogens is 2. The molecule has 0 spiro atoms. The number of carbonyl (C=O) groups is 2. The molecule has 1 aliphatic rings. The van der Waals surface area contributed by atoms with Gasteiger partial charge in [-0.25, -0.2) is 9.78 Å². The molecule has 1 saturated heterocycles. The Kier molecular flexibility index (Phi) is 7.06. The summed E-state index contributed by atoms with van der Waals surface area (Å²) >= 11 is 0. The van der Waals surface area contributed by atoms with Crippen LogP contribution in [0.25, 0.3) is 0 Å². The number of piperidine rings is 1. The number of hydrogen-bond acceptors (Lipinski definition) is 5. The van der Waals surface area contributed by atoms with Crippen LogP contribution in [0.3, 0.4) is 0 Å². The van der Waals surface area contributed by atoms with Crippen LogP contribution in [0.1, 0.15) is 39.3 Å². The maximum Gasteiger partial charge on any atom is 0.471 e. The average molecular weight is 412 g/mol. The van der Waals surface area contributed by atoms with Crippen molar-refractivity contribution in [1.29, 1.82) is 0 Å². The summed E-state index contributed by atoms with van der Waals surface area (Å²) in [7, 11) is 0. The number of carbonyl (C=O) groups excluding carboxylic acids is 2. The topological polar surface area (TPSA) is 75.6 Å². The average Bonchev–Trinajstić information content (AvgIpc) is 2.64. The molecule has 29 heavy (non-hydrogen) atoms. The van der Waals surface area contributed by atoms with E-state index in [1.165, 1.54) is 23.5 Å². The van der Waals surface area contributed by atoms with Crippen molar-refractivity contribution in [2.75, 3.05) is 19.7 Å². The third-order valence-electron chi connectivity index (χ3n) is 4.33. The summed E-state index contributed by atoms with van der Waals surface area (Å²) in [5.41, 5.74) is -0.172. The molecule has 0 aliphatic carbocycles. The highest BCUT2D eigenvalue weighted by Gasteiger charge is 2.44. The van der Waals surface area contributed by atoms with Gasteiger partial charge in [-0.2, -0.15) is 13.2 Å². The molecule has 0 bridgehead atoms. The standard InChI is InChI=1S/C19H23F3N4O3/c1-18(2,3)26(15-6-10-25(11-7-15)16(27)19(20,21)22)17(28)29-12-4-5-14-13-23-8-9-24-14/h8-9,13,15H,6-7,10-12H2,1-3H3. The van der Waals surface area contributed by atoms with Crippen LogP contribution in [-0.4, -0.2) is 69.2 Å². The van der Waals surface area contributed by atoms with Crippen LogP contribution in [0.2, 0.25) is 0 Å². The Morgan fingerprint density at radius 3 is 2.41 bits per heavy atom. The third-order valence-corrected chi connectivity index (χ3v) is 4.33. The first kappa shape index (κ1) is 22.5. The maximum atomic E-state index is 12.6. The van der Waals surface area contributed by atoms with Crippen LogP contribution in [0.15, 0.2) is 18.6 Å². The van der Waals surface area contributed by atoms with Crippen molar-refractivity contribution in [3.63, 3.8) is 0 Å². The van der Waals surface area contributed by atoms with Crippen LogP contribution in [0.5, 0.6) is 0 Å². The molecule has 10 heteroatoms. The minimum Gasteiger partial charge on any atom is -0.436 e. The first-order valence-electron chi connectivity index (χ1n) is 9.07. The first-order chi connectivity index (χ1) is 13.5. The second kappa shape index (κ2) is 9.11. The highest BCUT2D eigenvalue weighted by atomic mass is 19.4. The lowest BCUT2D eigenvalue weighted by Crippen LogP contribution is -2.56. The van der Waals surface area contributed by atoms with Gasteiger partial charge in [0.1, 0.15) is 5.69 Å². The molecule has 1 aromatic rings. The van der Waals surface area contributed by atoms with Gasteiger partial charge < -0.3 is 14.5 Å². The summed E-state index contributed by atoms with van der Waals surface area (Å²) in [6.07, 6.45) is -0.540. The van der Waals surface area contributed by atoms with E-state index in [-0.39, 0.29) is 38.6 Å². The molecule has 0 unspecified atom stereocenters. The molecule has 7 nitrogen and oxygen atoms in total. The molecule has 2 heterocycles. The fourth-order valence-electron chi connectivity index (χ4n) is 3.13. The van der Waals surface area contributed by atoms with Crippen molar-refractivity contribution in [3.8, 4) is 11.8 Å². The Bertz CT molecular complexity index is 774. The van der Waals surface area contributed by atoms with Crippen LogP contribution in [-0.2, 0) is 9.53 Å². The van der Waals surface area contributed by atoms with Gasteiger partial charge in [0.05, 0.1) is 6.20 Å². The van der Waals surface area contributed by atoms with Crippen molar-refractivity contribution in [1.82, 2.24) is 19.8 Å². The molecule has 158 valence electrons. The molecule has 0 radical (unpaired) electrons. The summed E-state index contributed by atoms with van der Waals surface area (Å²) in [5.74, 6) is 3.55. The number of hydrogen-bond donors (Lipinski definition) is 0. The number of alkyl halides is 3. The summed E-state index contributed by atoms with van der Waals surface area (Å²) in [5, 5.41) is 0. The normalized spacial score (nSPS) is 15.3. The third kappa shape index (κ3) is 6.34. The summed E-state index contributed by atoms with van der Waals surface area (Å²) in [6.45, 7) is 5.13. The fraction of sp³-hybridized carbons (Fsp3) is 0.579. The van der Waals surface area contributed by atoms with Gasteiger partial charge in [-0.1, -0.05) is 5.92 Å². The van der Waals surface area contributed by atoms with Crippen molar-refractivity contribution in [2.45, 2.75) is 51.4 Å². The Morgan fingerprint density at radius 2 is 1.90 bits per heavy atom.